The number of carboxylic acid groups (broad SMARTS) is 1. The number of benzene rings is 1. The molecule has 5 nitrogen and oxygen atoms in total. The molecule has 3 N–H and O–H groups in total. The Balaban J connectivity index is 2.51. The second-order valence-corrected chi connectivity index (χ2v) is 4.36. The Hall–Kier alpha value is -1.88. The van der Waals surface area contributed by atoms with E-state index in [0.717, 1.165) is 11.1 Å². The minimum Gasteiger partial charge on any atom is -0.481 e. The number of aliphatic carboxylic acids is 1. The van der Waals surface area contributed by atoms with E-state index in [1.807, 2.05) is 24.3 Å². The first-order valence-electron chi connectivity index (χ1n) is 6.22. The lowest BCUT2D eigenvalue weighted by Crippen LogP contribution is -2.26. The normalized spacial score (nSPS) is 11.9. The van der Waals surface area contributed by atoms with Crippen molar-refractivity contribution in [1.29, 1.82) is 0 Å². The predicted octanol–water partition coefficient (Wildman–Crippen LogP) is 1.14. The van der Waals surface area contributed by atoms with E-state index in [-0.39, 0.29) is 18.8 Å². The fourth-order valence-electron chi connectivity index (χ4n) is 1.77. The fourth-order valence-corrected chi connectivity index (χ4v) is 1.77. The summed E-state index contributed by atoms with van der Waals surface area (Å²) in [4.78, 5) is 21.8. The van der Waals surface area contributed by atoms with Crippen LogP contribution in [0.3, 0.4) is 0 Å². The van der Waals surface area contributed by atoms with E-state index in [2.05, 4.69) is 0 Å². The Morgan fingerprint density at radius 1 is 1.26 bits per heavy atom. The van der Waals surface area contributed by atoms with Gasteiger partial charge in [-0.15, -0.1) is 0 Å². The van der Waals surface area contributed by atoms with Crippen LogP contribution in [0.2, 0.25) is 0 Å². The predicted molar refractivity (Wildman–Crippen MR) is 70.7 cm³/mol. The highest BCUT2D eigenvalue weighted by Crippen LogP contribution is 2.09. The molecular weight excluding hydrogens is 246 g/mol. The monoisotopic (exact) mass is 265 g/mol. The molecule has 0 aliphatic heterocycles. The third-order valence-corrected chi connectivity index (χ3v) is 2.61. The molecule has 0 aliphatic rings. The quantitative estimate of drug-likeness (QED) is 0.721. The van der Waals surface area contributed by atoms with E-state index in [0.29, 0.717) is 13.0 Å². The average Bonchev–Trinajstić information content (AvgIpc) is 2.31. The Morgan fingerprint density at radius 2 is 1.84 bits per heavy atom. The molecule has 5 heteroatoms. The minimum atomic E-state index is -0.897. The second-order valence-electron chi connectivity index (χ2n) is 4.36. The summed E-state index contributed by atoms with van der Waals surface area (Å²) in [7, 11) is 0. The number of hydrogen-bond acceptors (Lipinski definition) is 4. The lowest BCUT2D eigenvalue weighted by Gasteiger charge is -2.09. The lowest BCUT2D eigenvalue weighted by molar-refractivity contribution is -0.142. The van der Waals surface area contributed by atoms with Crippen molar-refractivity contribution in [3.63, 3.8) is 0 Å². The van der Waals surface area contributed by atoms with Crippen molar-refractivity contribution in [2.75, 3.05) is 6.61 Å². The zero-order chi connectivity index (χ0) is 14.3. The maximum Gasteiger partial charge on any atom is 0.310 e. The van der Waals surface area contributed by atoms with Crippen molar-refractivity contribution < 1.29 is 19.4 Å². The molecule has 0 fully saturated rings. The number of carboxylic acids is 1. The first-order valence-corrected chi connectivity index (χ1v) is 6.22. The summed E-state index contributed by atoms with van der Waals surface area (Å²) < 4.78 is 4.86. The summed E-state index contributed by atoms with van der Waals surface area (Å²) in [6.45, 7) is 2.14. The Labute approximate surface area is 112 Å². The molecule has 0 saturated heterocycles. The summed E-state index contributed by atoms with van der Waals surface area (Å²) in [5.41, 5.74) is 7.54. The molecule has 1 unspecified atom stereocenters. The van der Waals surface area contributed by atoms with E-state index in [1.54, 1.807) is 6.92 Å². The van der Waals surface area contributed by atoms with Crippen LogP contribution >= 0.6 is 0 Å². The van der Waals surface area contributed by atoms with Crippen molar-refractivity contribution in [2.45, 2.75) is 32.2 Å². The van der Waals surface area contributed by atoms with Crippen molar-refractivity contribution in [3.05, 3.63) is 35.4 Å². The minimum absolute atomic E-state index is 0.0510. The first kappa shape index (κ1) is 15.2. The zero-order valence-electron chi connectivity index (χ0n) is 11.0. The summed E-state index contributed by atoms with van der Waals surface area (Å²) >= 11 is 0. The van der Waals surface area contributed by atoms with Gasteiger partial charge in [-0.1, -0.05) is 24.3 Å². The maximum atomic E-state index is 11.3. The van der Waals surface area contributed by atoms with Crippen LogP contribution in [0.5, 0.6) is 0 Å². The highest BCUT2D eigenvalue weighted by Gasteiger charge is 2.09. The molecular formula is C14H19NO4. The van der Waals surface area contributed by atoms with Gasteiger partial charge < -0.3 is 15.6 Å². The number of carbonyl (C=O) groups excluding carboxylic acids is 1. The summed E-state index contributed by atoms with van der Waals surface area (Å²) in [5, 5.41) is 8.62. The van der Waals surface area contributed by atoms with Crippen LogP contribution < -0.4 is 5.73 Å². The van der Waals surface area contributed by atoms with Gasteiger partial charge in [0.15, 0.2) is 0 Å². The summed E-state index contributed by atoms with van der Waals surface area (Å²) in [5.74, 6) is -1.15. The van der Waals surface area contributed by atoms with Crippen LogP contribution in [-0.2, 0) is 27.2 Å². The standard InChI is InChI=1S/C14H19NO4/c1-2-19-14(18)8-11-5-3-10(4-6-11)7-12(15)9-13(16)17/h3-6,12H,2,7-9,15H2,1H3,(H,16,17). The van der Waals surface area contributed by atoms with E-state index in [4.69, 9.17) is 15.6 Å². The summed E-state index contributed by atoms with van der Waals surface area (Å²) in [6.07, 6.45) is 0.700. The maximum absolute atomic E-state index is 11.3. The van der Waals surface area contributed by atoms with E-state index >= 15 is 0 Å². The molecule has 1 atom stereocenters. The SMILES string of the molecule is CCOC(=O)Cc1ccc(CC(N)CC(=O)O)cc1. The van der Waals surface area contributed by atoms with Crippen molar-refractivity contribution >= 4 is 11.9 Å². The van der Waals surface area contributed by atoms with Gasteiger partial charge in [0.25, 0.3) is 0 Å². The molecule has 0 heterocycles. The number of carbonyl (C=O) groups is 2. The van der Waals surface area contributed by atoms with E-state index < -0.39 is 12.0 Å². The van der Waals surface area contributed by atoms with Gasteiger partial charge in [-0.2, -0.15) is 0 Å². The largest absolute Gasteiger partial charge is 0.481 e. The van der Waals surface area contributed by atoms with E-state index in [1.165, 1.54) is 0 Å². The van der Waals surface area contributed by atoms with Crippen LogP contribution in [0, 0.1) is 0 Å². The second kappa shape index (κ2) is 7.53. The molecule has 0 saturated carbocycles. The summed E-state index contributed by atoms with van der Waals surface area (Å²) in [6, 6.07) is 6.99. The van der Waals surface area contributed by atoms with Crippen molar-refractivity contribution in [3.8, 4) is 0 Å². The van der Waals surface area contributed by atoms with E-state index in [9.17, 15) is 9.59 Å². The zero-order valence-corrected chi connectivity index (χ0v) is 11.0. The fraction of sp³-hybridized carbons (Fsp3) is 0.429. The topological polar surface area (TPSA) is 89.6 Å². The van der Waals surface area contributed by atoms with Crippen LogP contribution in [-0.4, -0.2) is 29.7 Å². The number of ether oxygens (including phenoxy) is 1. The Morgan fingerprint density at radius 3 is 2.37 bits per heavy atom. The van der Waals surface area contributed by atoms with Gasteiger partial charge in [-0.05, 0) is 24.5 Å². The number of nitrogens with two attached hydrogens (primary N) is 1. The van der Waals surface area contributed by atoms with Crippen LogP contribution in [0.1, 0.15) is 24.5 Å². The van der Waals surface area contributed by atoms with Gasteiger partial charge in [-0.25, -0.2) is 0 Å². The Kier molecular flexibility index (Phi) is 6.02. The Bertz CT molecular complexity index is 428. The molecule has 104 valence electrons. The third kappa shape index (κ3) is 6.01. The number of hydrogen-bond donors (Lipinski definition) is 2. The molecule has 0 aliphatic carbocycles. The van der Waals surface area contributed by atoms with Gasteiger partial charge in [0.05, 0.1) is 19.4 Å². The highest BCUT2D eigenvalue weighted by molar-refractivity contribution is 5.72. The first-order chi connectivity index (χ1) is 9.01. The van der Waals surface area contributed by atoms with Crippen LogP contribution in [0.4, 0.5) is 0 Å². The molecule has 0 radical (unpaired) electrons. The number of rotatable bonds is 7. The van der Waals surface area contributed by atoms with Crippen LogP contribution in [0.25, 0.3) is 0 Å². The smallest absolute Gasteiger partial charge is 0.310 e. The molecule has 1 aromatic rings. The highest BCUT2D eigenvalue weighted by atomic mass is 16.5. The molecule has 1 aromatic carbocycles. The van der Waals surface area contributed by atoms with Gasteiger partial charge in [-0.3, -0.25) is 9.59 Å². The van der Waals surface area contributed by atoms with Gasteiger partial charge in [0, 0.05) is 6.04 Å². The third-order valence-electron chi connectivity index (χ3n) is 2.61. The molecule has 1 rings (SSSR count). The van der Waals surface area contributed by atoms with Crippen molar-refractivity contribution in [1.82, 2.24) is 0 Å². The van der Waals surface area contributed by atoms with Crippen molar-refractivity contribution in [2.24, 2.45) is 5.73 Å². The molecule has 0 aromatic heterocycles. The number of esters is 1. The molecule has 0 amide bonds. The van der Waals surface area contributed by atoms with Gasteiger partial charge >= 0.3 is 11.9 Å². The molecule has 19 heavy (non-hydrogen) atoms. The molecule has 0 spiro atoms. The average molecular weight is 265 g/mol. The van der Waals surface area contributed by atoms with Gasteiger partial charge in [0.1, 0.15) is 0 Å². The lowest BCUT2D eigenvalue weighted by atomic mass is 10.0. The van der Waals surface area contributed by atoms with Crippen LogP contribution in [0.15, 0.2) is 24.3 Å². The van der Waals surface area contributed by atoms with Gasteiger partial charge in [0.2, 0.25) is 0 Å². The molecule has 0 bridgehead atoms.